The molecule has 0 saturated heterocycles. The van der Waals surface area contributed by atoms with Crippen LogP contribution in [0.3, 0.4) is 0 Å². The van der Waals surface area contributed by atoms with Crippen molar-refractivity contribution >= 4 is 10.8 Å². The molecule has 2 heterocycles. The normalized spacial score (nSPS) is 13.0. The summed E-state index contributed by atoms with van der Waals surface area (Å²) in [6.45, 7) is 0. The summed E-state index contributed by atoms with van der Waals surface area (Å²) in [7, 11) is 0. The van der Waals surface area contributed by atoms with Crippen LogP contribution < -0.4 is 9.47 Å². The first-order chi connectivity index (χ1) is 30.3. The highest BCUT2D eigenvalue weighted by atomic mass is 16.6. The molecule has 9 aromatic carbocycles. The summed E-state index contributed by atoms with van der Waals surface area (Å²) >= 11 is 0. The maximum Gasteiger partial charge on any atom is 0.181 e. The third-order valence-corrected chi connectivity index (χ3v) is 12.1. The molecule has 286 valence electrons. The van der Waals surface area contributed by atoms with E-state index in [4.69, 9.17) is 24.4 Å². The summed E-state index contributed by atoms with van der Waals surface area (Å²) in [5.41, 5.74) is 11.1. The third kappa shape index (κ3) is 5.44. The topological polar surface area (TPSA) is 57.1 Å². The molecule has 2 aliphatic rings. The average Bonchev–Trinajstić information content (AvgIpc) is 3.65. The zero-order valence-corrected chi connectivity index (χ0v) is 32.9. The van der Waals surface area contributed by atoms with Gasteiger partial charge in [0.2, 0.25) is 0 Å². The van der Waals surface area contributed by atoms with Gasteiger partial charge in [-0.25, -0.2) is 15.0 Å². The van der Waals surface area contributed by atoms with Gasteiger partial charge >= 0.3 is 0 Å². The smallest absolute Gasteiger partial charge is 0.181 e. The molecule has 5 nitrogen and oxygen atoms in total. The summed E-state index contributed by atoms with van der Waals surface area (Å²) < 4.78 is 14.0. The zero-order chi connectivity index (χ0) is 40.3. The van der Waals surface area contributed by atoms with Crippen molar-refractivity contribution in [1.29, 1.82) is 0 Å². The Labute approximate surface area is 353 Å². The van der Waals surface area contributed by atoms with Gasteiger partial charge in [0.25, 0.3) is 0 Å². The van der Waals surface area contributed by atoms with E-state index < -0.39 is 5.41 Å². The lowest BCUT2D eigenvalue weighted by Crippen LogP contribution is -2.28. The summed E-state index contributed by atoms with van der Waals surface area (Å²) in [5, 5.41) is 2.18. The van der Waals surface area contributed by atoms with E-state index in [0.717, 1.165) is 49.7 Å². The fraction of sp³-hybridized carbons (Fsp3) is 0.0179. The predicted molar refractivity (Wildman–Crippen MR) is 243 cm³/mol. The van der Waals surface area contributed by atoms with Crippen molar-refractivity contribution in [2.75, 3.05) is 0 Å². The van der Waals surface area contributed by atoms with Crippen LogP contribution in [0.2, 0.25) is 0 Å². The number of fused-ring (bicyclic) bond motifs is 7. The van der Waals surface area contributed by atoms with Crippen molar-refractivity contribution in [3.05, 3.63) is 235 Å². The lowest BCUT2D eigenvalue weighted by atomic mass is 9.68. The number of nitrogens with zero attached hydrogens (tertiary/aromatic N) is 3. The SMILES string of the molecule is c1ccc(-c2nc(-c3cccc4c3Oc3ccc5c(c3O4)-c3ccccc3C5(c3ccccc3)c3ccccc3)nc(-c3ccc(-c4ccccc4)c4ccccc34)n2)cc1. The fourth-order valence-electron chi connectivity index (χ4n) is 9.46. The maximum absolute atomic E-state index is 7.05. The summed E-state index contributed by atoms with van der Waals surface area (Å²) in [5.74, 6) is 4.09. The molecular weight excluding hydrogens is 747 g/mol. The minimum absolute atomic E-state index is 0.489. The number of hydrogen-bond donors (Lipinski definition) is 0. The van der Waals surface area contributed by atoms with E-state index in [-0.39, 0.29) is 0 Å². The van der Waals surface area contributed by atoms with Gasteiger partial charge in [-0.2, -0.15) is 0 Å². The predicted octanol–water partition coefficient (Wildman–Crippen LogP) is 14.0. The van der Waals surface area contributed by atoms with E-state index in [0.29, 0.717) is 46.0 Å². The Kier molecular flexibility index (Phi) is 8.00. The van der Waals surface area contributed by atoms with Gasteiger partial charge in [0.1, 0.15) is 0 Å². The van der Waals surface area contributed by atoms with Gasteiger partial charge in [-0.1, -0.05) is 188 Å². The Morgan fingerprint density at radius 2 is 0.820 bits per heavy atom. The van der Waals surface area contributed by atoms with E-state index in [9.17, 15) is 0 Å². The first kappa shape index (κ1) is 34.9. The Hall–Kier alpha value is -8.15. The molecule has 0 atom stereocenters. The maximum atomic E-state index is 7.05. The van der Waals surface area contributed by atoms with Crippen LogP contribution in [0.4, 0.5) is 0 Å². The van der Waals surface area contributed by atoms with E-state index in [1.54, 1.807) is 0 Å². The molecule has 0 bridgehead atoms. The van der Waals surface area contributed by atoms with E-state index in [1.165, 1.54) is 16.7 Å². The summed E-state index contributed by atoms with van der Waals surface area (Å²) in [6.07, 6.45) is 0. The van der Waals surface area contributed by atoms with Gasteiger partial charge < -0.3 is 9.47 Å². The largest absolute Gasteiger partial charge is 0.449 e. The van der Waals surface area contributed by atoms with E-state index in [1.807, 2.05) is 54.6 Å². The van der Waals surface area contributed by atoms with Gasteiger partial charge in [-0.3, -0.25) is 0 Å². The quantitative estimate of drug-likeness (QED) is 0.168. The lowest BCUT2D eigenvalue weighted by molar-refractivity contribution is 0.361. The van der Waals surface area contributed by atoms with Crippen LogP contribution in [-0.2, 0) is 5.41 Å². The highest BCUT2D eigenvalue weighted by Crippen LogP contribution is 2.62. The van der Waals surface area contributed by atoms with Crippen LogP contribution in [0.25, 0.3) is 67.2 Å². The minimum atomic E-state index is -0.562. The van der Waals surface area contributed by atoms with Crippen molar-refractivity contribution in [2.45, 2.75) is 5.41 Å². The van der Waals surface area contributed by atoms with Crippen LogP contribution in [0.15, 0.2) is 212 Å². The van der Waals surface area contributed by atoms with Crippen LogP contribution in [0.1, 0.15) is 22.3 Å². The zero-order valence-electron chi connectivity index (χ0n) is 32.9. The Bertz CT molecular complexity index is 3260. The molecule has 0 unspecified atom stereocenters. The Balaban J connectivity index is 1.02. The van der Waals surface area contributed by atoms with Gasteiger partial charge in [0.15, 0.2) is 40.5 Å². The molecule has 61 heavy (non-hydrogen) atoms. The van der Waals surface area contributed by atoms with E-state index >= 15 is 0 Å². The molecule has 1 aliphatic heterocycles. The molecule has 0 N–H and O–H groups in total. The molecule has 12 rings (SSSR count). The minimum Gasteiger partial charge on any atom is -0.449 e. The van der Waals surface area contributed by atoms with Crippen molar-refractivity contribution in [2.24, 2.45) is 0 Å². The summed E-state index contributed by atoms with van der Waals surface area (Å²) in [6, 6.07) is 73.7. The summed E-state index contributed by atoms with van der Waals surface area (Å²) in [4.78, 5) is 15.5. The molecular formula is C56H35N3O2. The van der Waals surface area contributed by atoms with Crippen LogP contribution in [-0.4, -0.2) is 15.0 Å². The first-order valence-electron chi connectivity index (χ1n) is 20.5. The highest BCUT2D eigenvalue weighted by Gasteiger charge is 2.48. The van der Waals surface area contributed by atoms with Gasteiger partial charge in [0.05, 0.1) is 11.0 Å². The number of hydrogen-bond acceptors (Lipinski definition) is 5. The molecule has 5 heteroatoms. The van der Waals surface area contributed by atoms with Crippen LogP contribution in [0, 0.1) is 0 Å². The van der Waals surface area contributed by atoms with Crippen molar-refractivity contribution in [3.8, 4) is 79.4 Å². The molecule has 0 radical (unpaired) electrons. The number of rotatable bonds is 6. The second kappa shape index (κ2) is 14.0. The molecule has 0 spiro atoms. The van der Waals surface area contributed by atoms with Crippen LogP contribution in [0.5, 0.6) is 23.0 Å². The monoisotopic (exact) mass is 781 g/mol. The molecule has 1 aromatic heterocycles. The molecule has 10 aromatic rings. The third-order valence-electron chi connectivity index (χ3n) is 12.1. The average molecular weight is 782 g/mol. The van der Waals surface area contributed by atoms with E-state index in [2.05, 4.69) is 158 Å². The second-order valence-corrected chi connectivity index (χ2v) is 15.4. The highest BCUT2D eigenvalue weighted by molar-refractivity contribution is 6.04. The fourth-order valence-corrected chi connectivity index (χ4v) is 9.46. The first-order valence-corrected chi connectivity index (χ1v) is 20.5. The van der Waals surface area contributed by atoms with Crippen molar-refractivity contribution < 1.29 is 9.47 Å². The molecule has 0 fully saturated rings. The molecule has 1 aliphatic carbocycles. The van der Waals surface area contributed by atoms with Gasteiger partial charge in [-0.05, 0) is 74.0 Å². The second-order valence-electron chi connectivity index (χ2n) is 15.4. The Morgan fingerprint density at radius 1 is 0.311 bits per heavy atom. The standard InChI is InChI=1S/C56H35N3O2/c1-5-18-36(19-6-1)40-32-33-43(42-27-14-13-26-41(40)42)54-57-53(37-20-7-2-8-21-37)58-55(59-54)45-29-17-31-48-51(45)60-49-35-34-47-50(52(49)61-48)44-28-15-16-30-46(44)56(47,38-22-9-3-10-23-38)39-24-11-4-12-25-39/h1-35H. The molecule has 0 amide bonds. The number of para-hydroxylation sites is 1. The van der Waals surface area contributed by atoms with Gasteiger partial charge in [-0.15, -0.1) is 0 Å². The van der Waals surface area contributed by atoms with Crippen molar-refractivity contribution in [1.82, 2.24) is 15.0 Å². The number of ether oxygens (including phenoxy) is 2. The van der Waals surface area contributed by atoms with Crippen molar-refractivity contribution in [3.63, 3.8) is 0 Å². The van der Waals surface area contributed by atoms with Gasteiger partial charge in [0, 0.05) is 16.7 Å². The number of benzene rings is 9. The van der Waals surface area contributed by atoms with Crippen LogP contribution >= 0.6 is 0 Å². The lowest BCUT2D eigenvalue weighted by Gasteiger charge is -2.34. The molecule has 0 saturated carbocycles. The Morgan fingerprint density at radius 3 is 1.52 bits per heavy atom. The number of aromatic nitrogens is 3.